The van der Waals surface area contributed by atoms with Gasteiger partial charge in [0, 0.05) is 18.2 Å². The molecular weight excluding hydrogens is 372 g/mol. The van der Waals surface area contributed by atoms with Crippen molar-refractivity contribution < 1.29 is 9.59 Å². The summed E-state index contributed by atoms with van der Waals surface area (Å²) in [5.74, 6) is 0.987. The van der Waals surface area contributed by atoms with Crippen molar-refractivity contribution in [3.05, 3.63) is 70.8 Å². The Morgan fingerprint density at radius 1 is 1.07 bits per heavy atom. The summed E-state index contributed by atoms with van der Waals surface area (Å²) in [6, 6.07) is 15.6. The molecule has 0 spiro atoms. The predicted molar refractivity (Wildman–Crippen MR) is 119 cm³/mol. The van der Waals surface area contributed by atoms with Gasteiger partial charge in [-0.2, -0.15) is 0 Å². The van der Waals surface area contributed by atoms with Crippen LogP contribution in [0.3, 0.4) is 0 Å². The summed E-state index contributed by atoms with van der Waals surface area (Å²) in [6.07, 6.45) is 4.12. The van der Waals surface area contributed by atoms with E-state index in [2.05, 4.69) is 50.4 Å². The molecule has 2 amide bonds. The summed E-state index contributed by atoms with van der Waals surface area (Å²) in [5.41, 5.74) is 3.89. The maximum absolute atomic E-state index is 13.4. The van der Waals surface area contributed by atoms with Gasteiger partial charge in [0.05, 0.1) is 0 Å². The van der Waals surface area contributed by atoms with Crippen LogP contribution in [0.2, 0.25) is 0 Å². The number of fused-ring (bicyclic) bond motifs is 1. The standard InChI is InChI=1S/C26H32N2O2/c1-17-11-13-20(14-12-17)15-16-28-24(21-8-4-5-9-22(21)26(28)30)25(29)27-23-10-6-7-18(2)19(23)3/h4-5,8-9,11-14,18-19,23-24H,6-7,10,15-16H2,1-3H3,(H,27,29)/t18-,19+,23+,24+/m0/s1. The molecule has 1 aliphatic carbocycles. The molecule has 0 aromatic heterocycles. The quantitative estimate of drug-likeness (QED) is 0.787. The normalized spacial score (nSPS) is 25.8. The van der Waals surface area contributed by atoms with Crippen LogP contribution >= 0.6 is 0 Å². The molecule has 1 heterocycles. The lowest BCUT2D eigenvalue weighted by Gasteiger charge is -2.36. The highest BCUT2D eigenvalue weighted by Gasteiger charge is 2.41. The predicted octanol–water partition coefficient (Wildman–Crippen LogP) is 4.68. The van der Waals surface area contributed by atoms with E-state index >= 15 is 0 Å². The Hall–Kier alpha value is -2.62. The number of hydrogen-bond acceptors (Lipinski definition) is 2. The van der Waals surface area contributed by atoms with Gasteiger partial charge in [-0.05, 0) is 48.8 Å². The molecule has 4 atom stereocenters. The number of hydrogen-bond donors (Lipinski definition) is 1. The molecule has 1 saturated carbocycles. The lowest BCUT2D eigenvalue weighted by atomic mass is 9.78. The Balaban J connectivity index is 1.54. The first-order chi connectivity index (χ1) is 14.5. The molecule has 158 valence electrons. The van der Waals surface area contributed by atoms with Crippen LogP contribution in [0.25, 0.3) is 0 Å². The van der Waals surface area contributed by atoms with E-state index < -0.39 is 6.04 Å². The zero-order chi connectivity index (χ0) is 21.3. The van der Waals surface area contributed by atoms with Crippen molar-refractivity contribution in [3.63, 3.8) is 0 Å². The van der Waals surface area contributed by atoms with E-state index in [9.17, 15) is 9.59 Å². The van der Waals surface area contributed by atoms with Gasteiger partial charge in [0.25, 0.3) is 5.91 Å². The highest BCUT2D eigenvalue weighted by Crippen LogP contribution is 2.35. The van der Waals surface area contributed by atoms with E-state index in [1.165, 1.54) is 17.5 Å². The molecule has 1 aliphatic heterocycles. The highest BCUT2D eigenvalue weighted by atomic mass is 16.2. The van der Waals surface area contributed by atoms with Crippen LogP contribution in [0.15, 0.2) is 48.5 Å². The molecule has 2 aliphatic rings. The van der Waals surface area contributed by atoms with Crippen molar-refractivity contribution in [1.29, 1.82) is 0 Å². The molecule has 4 rings (SSSR count). The molecular formula is C26H32N2O2. The molecule has 2 aromatic rings. The average molecular weight is 405 g/mol. The van der Waals surface area contributed by atoms with Crippen LogP contribution in [0.4, 0.5) is 0 Å². The smallest absolute Gasteiger partial charge is 0.255 e. The van der Waals surface area contributed by atoms with Crippen molar-refractivity contribution in [2.24, 2.45) is 11.8 Å². The van der Waals surface area contributed by atoms with Crippen LogP contribution < -0.4 is 5.32 Å². The van der Waals surface area contributed by atoms with Gasteiger partial charge in [-0.3, -0.25) is 9.59 Å². The molecule has 1 N–H and O–H groups in total. The van der Waals surface area contributed by atoms with Gasteiger partial charge in [-0.25, -0.2) is 0 Å². The molecule has 4 heteroatoms. The summed E-state index contributed by atoms with van der Waals surface area (Å²) < 4.78 is 0. The number of amides is 2. The zero-order valence-corrected chi connectivity index (χ0v) is 18.2. The van der Waals surface area contributed by atoms with E-state index in [-0.39, 0.29) is 17.9 Å². The van der Waals surface area contributed by atoms with Crippen LogP contribution in [-0.2, 0) is 11.2 Å². The second-order valence-corrected chi connectivity index (χ2v) is 9.11. The molecule has 30 heavy (non-hydrogen) atoms. The summed E-state index contributed by atoms with van der Waals surface area (Å²) >= 11 is 0. The Bertz CT molecular complexity index is 921. The summed E-state index contributed by atoms with van der Waals surface area (Å²) in [6.45, 7) is 7.10. The maximum Gasteiger partial charge on any atom is 0.255 e. The fraction of sp³-hybridized carbons (Fsp3) is 0.462. The Morgan fingerprint density at radius 3 is 2.57 bits per heavy atom. The lowest BCUT2D eigenvalue weighted by molar-refractivity contribution is -0.127. The van der Waals surface area contributed by atoms with Gasteiger partial charge in [0.15, 0.2) is 0 Å². The SMILES string of the molecule is Cc1ccc(CCN2C(=O)c3ccccc3[C@@H]2C(=O)N[C@@H]2CCC[C@H](C)[C@H]2C)cc1. The molecule has 4 nitrogen and oxygen atoms in total. The topological polar surface area (TPSA) is 49.4 Å². The number of rotatable bonds is 5. The van der Waals surface area contributed by atoms with E-state index in [1.54, 1.807) is 4.90 Å². The fourth-order valence-corrected chi connectivity index (χ4v) is 4.94. The maximum atomic E-state index is 13.4. The van der Waals surface area contributed by atoms with Crippen molar-refractivity contribution in [3.8, 4) is 0 Å². The van der Waals surface area contributed by atoms with Gasteiger partial charge in [0.2, 0.25) is 5.91 Å². The second-order valence-electron chi connectivity index (χ2n) is 9.11. The minimum atomic E-state index is -0.538. The van der Waals surface area contributed by atoms with Gasteiger partial charge in [-0.1, -0.05) is 74.7 Å². The number of aryl methyl sites for hydroxylation is 1. The molecule has 0 bridgehead atoms. The largest absolute Gasteiger partial charge is 0.351 e. The molecule has 0 radical (unpaired) electrons. The van der Waals surface area contributed by atoms with Gasteiger partial charge in [0.1, 0.15) is 6.04 Å². The molecule has 0 saturated heterocycles. The average Bonchev–Trinajstić information content (AvgIpc) is 3.03. The minimum Gasteiger partial charge on any atom is -0.351 e. The number of benzene rings is 2. The third-order valence-corrected chi connectivity index (χ3v) is 7.10. The summed E-state index contributed by atoms with van der Waals surface area (Å²) in [4.78, 5) is 28.3. The van der Waals surface area contributed by atoms with E-state index in [1.807, 2.05) is 24.3 Å². The van der Waals surface area contributed by atoms with Crippen molar-refractivity contribution >= 4 is 11.8 Å². The van der Waals surface area contributed by atoms with Gasteiger partial charge in [-0.15, -0.1) is 0 Å². The molecule has 1 fully saturated rings. The number of carbonyl (C=O) groups is 2. The minimum absolute atomic E-state index is 0.0387. The summed E-state index contributed by atoms with van der Waals surface area (Å²) in [5, 5.41) is 3.31. The first-order valence-corrected chi connectivity index (χ1v) is 11.2. The number of nitrogens with zero attached hydrogens (tertiary/aromatic N) is 1. The third-order valence-electron chi connectivity index (χ3n) is 7.10. The number of carbonyl (C=O) groups excluding carboxylic acids is 2. The monoisotopic (exact) mass is 404 g/mol. The van der Waals surface area contributed by atoms with Gasteiger partial charge < -0.3 is 10.2 Å². The van der Waals surface area contributed by atoms with E-state index in [0.29, 0.717) is 23.9 Å². The fourth-order valence-electron chi connectivity index (χ4n) is 4.94. The van der Waals surface area contributed by atoms with Crippen LogP contribution in [0.1, 0.15) is 66.2 Å². The van der Waals surface area contributed by atoms with Crippen molar-refractivity contribution in [2.45, 2.75) is 58.5 Å². The Kier molecular flexibility index (Phi) is 5.94. The van der Waals surface area contributed by atoms with Crippen LogP contribution in [-0.4, -0.2) is 29.3 Å². The first-order valence-electron chi connectivity index (χ1n) is 11.2. The Labute approximate surface area is 179 Å². The van der Waals surface area contributed by atoms with Crippen molar-refractivity contribution in [2.75, 3.05) is 6.54 Å². The van der Waals surface area contributed by atoms with E-state index in [4.69, 9.17) is 0 Å². The third kappa shape index (κ3) is 4.00. The van der Waals surface area contributed by atoms with Crippen LogP contribution in [0.5, 0.6) is 0 Å². The Morgan fingerprint density at radius 2 is 1.80 bits per heavy atom. The highest BCUT2D eigenvalue weighted by molar-refractivity contribution is 6.04. The zero-order valence-electron chi connectivity index (χ0n) is 18.2. The molecule has 2 aromatic carbocycles. The second kappa shape index (κ2) is 8.63. The van der Waals surface area contributed by atoms with E-state index in [0.717, 1.165) is 24.8 Å². The van der Waals surface area contributed by atoms with Gasteiger partial charge >= 0.3 is 0 Å². The lowest BCUT2D eigenvalue weighted by Crippen LogP contribution is -2.48. The first kappa shape index (κ1) is 20.6. The molecule has 0 unspecified atom stereocenters. The van der Waals surface area contributed by atoms with Crippen molar-refractivity contribution in [1.82, 2.24) is 10.2 Å². The van der Waals surface area contributed by atoms with Crippen LogP contribution in [0, 0.1) is 18.8 Å². The number of nitrogens with one attached hydrogen (secondary N) is 1. The summed E-state index contributed by atoms with van der Waals surface area (Å²) in [7, 11) is 0.